The largest absolute Gasteiger partial charge is 0.354 e. The fourth-order valence-electron chi connectivity index (χ4n) is 5.63. The van der Waals surface area contributed by atoms with Crippen LogP contribution in [0.1, 0.15) is 200 Å². The minimum atomic E-state index is -0.423. The number of rotatable bonds is 33. The van der Waals surface area contributed by atoms with Gasteiger partial charge in [0, 0.05) is 13.0 Å². The van der Waals surface area contributed by atoms with Crippen molar-refractivity contribution < 1.29 is 9.59 Å². The number of hydrogen-bond donors (Lipinski definition) is 3. The molecule has 0 spiro atoms. The number of carbonyl (C=O) groups excluding carboxylic acids is 2. The number of halogens is 1. The average Bonchev–Trinajstić information content (AvgIpc) is 2.97. The highest BCUT2D eigenvalue weighted by Gasteiger charge is 2.19. The van der Waals surface area contributed by atoms with E-state index in [-0.39, 0.29) is 24.2 Å². The van der Waals surface area contributed by atoms with Crippen molar-refractivity contribution in [2.75, 3.05) is 13.1 Å². The molecular formula is C36H74ClN3O2. The van der Waals surface area contributed by atoms with Crippen LogP contribution in [-0.4, -0.2) is 30.9 Å². The lowest BCUT2D eigenvalue weighted by molar-refractivity contribution is -0.129. The highest BCUT2D eigenvalue weighted by Crippen LogP contribution is 2.14. The molecule has 5 nitrogen and oxygen atoms in total. The Kier molecular flexibility index (Phi) is 37.5. The first-order valence-corrected chi connectivity index (χ1v) is 18.4. The lowest BCUT2D eigenvalue weighted by Gasteiger charge is -2.18. The zero-order valence-electron chi connectivity index (χ0n) is 28.3. The summed E-state index contributed by atoms with van der Waals surface area (Å²) in [6.07, 6.45) is 35.6. The van der Waals surface area contributed by atoms with Crippen LogP contribution in [0.3, 0.4) is 0 Å². The normalized spacial score (nSPS) is 11.7. The minimum absolute atomic E-state index is 0. The number of amides is 2. The molecule has 0 fully saturated rings. The molecule has 1 atom stereocenters. The van der Waals surface area contributed by atoms with E-state index in [2.05, 4.69) is 24.5 Å². The van der Waals surface area contributed by atoms with Crippen LogP contribution in [-0.2, 0) is 9.59 Å². The van der Waals surface area contributed by atoms with Crippen LogP contribution in [0.4, 0.5) is 0 Å². The van der Waals surface area contributed by atoms with Gasteiger partial charge in [-0.05, 0) is 38.6 Å². The molecule has 252 valence electrons. The smallest absolute Gasteiger partial charge is 0.242 e. The van der Waals surface area contributed by atoms with Gasteiger partial charge in [0.1, 0.15) is 6.04 Å². The zero-order valence-corrected chi connectivity index (χ0v) is 29.1. The van der Waals surface area contributed by atoms with Crippen molar-refractivity contribution in [3.05, 3.63) is 0 Å². The van der Waals surface area contributed by atoms with E-state index in [4.69, 9.17) is 5.73 Å². The molecule has 6 heteroatoms. The molecule has 0 heterocycles. The van der Waals surface area contributed by atoms with Crippen LogP contribution in [0.15, 0.2) is 0 Å². The fraction of sp³-hybridized carbons (Fsp3) is 0.944. The van der Waals surface area contributed by atoms with E-state index in [9.17, 15) is 9.59 Å². The predicted molar refractivity (Wildman–Crippen MR) is 186 cm³/mol. The van der Waals surface area contributed by atoms with Crippen LogP contribution in [0.2, 0.25) is 0 Å². The van der Waals surface area contributed by atoms with E-state index in [0.717, 1.165) is 32.1 Å². The Bertz CT molecular complexity index is 562. The molecule has 42 heavy (non-hydrogen) atoms. The Balaban J connectivity index is 0. The Morgan fingerprint density at radius 3 is 1.31 bits per heavy atom. The fourth-order valence-corrected chi connectivity index (χ4v) is 5.63. The summed E-state index contributed by atoms with van der Waals surface area (Å²) < 4.78 is 0. The zero-order chi connectivity index (χ0) is 30.1. The van der Waals surface area contributed by atoms with Gasteiger partial charge in [0.15, 0.2) is 0 Å². The van der Waals surface area contributed by atoms with Crippen molar-refractivity contribution >= 4 is 24.2 Å². The van der Waals surface area contributed by atoms with E-state index in [1.807, 2.05) is 0 Å². The molecule has 0 rings (SSSR count). The molecule has 0 saturated carbocycles. The molecule has 0 aliphatic rings. The third-order valence-electron chi connectivity index (χ3n) is 8.44. The first kappa shape index (κ1) is 43.3. The minimum Gasteiger partial charge on any atom is -0.354 e. The highest BCUT2D eigenvalue weighted by atomic mass is 35.5. The second-order valence-corrected chi connectivity index (χ2v) is 12.6. The summed E-state index contributed by atoms with van der Waals surface area (Å²) in [5.41, 5.74) is 5.65. The summed E-state index contributed by atoms with van der Waals surface area (Å²) in [4.78, 5) is 25.4. The van der Waals surface area contributed by atoms with E-state index in [0.29, 0.717) is 25.9 Å². The lowest BCUT2D eigenvalue weighted by Crippen LogP contribution is -2.47. The maximum absolute atomic E-state index is 12.8. The maximum atomic E-state index is 12.8. The SMILES string of the molecule is CCCCCCCCCCCCCCCCCC(=O)N[C@@H](CCCCN)C(=O)NCCCCCCCCCCCC.Cl. The molecule has 2 amide bonds. The van der Waals surface area contributed by atoms with Crippen LogP contribution in [0, 0.1) is 0 Å². The number of hydrogen-bond acceptors (Lipinski definition) is 3. The van der Waals surface area contributed by atoms with Gasteiger partial charge in [-0.15, -0.1) is 12.4 Å². The van der Waals surface area contributed by atoms with Crippen molar-refractivity contribution in [1.29, 1.82) is 0 Å². The highest BCUT2D eigenvalue weighted by molar-refractivity contribution is 5.87. The number of unbranched alkanes of at least 4 members (excludes halogenated alkanes) is 24. The molecular weight excluding hydrogens is 542 g/mol. The summed E-state index contributed by atoms with van der Waals surface area (Å²) in [6, 6.07) is -0.423. The number of nitrogens with two attached hydrogens (primary N) is 1. The lowest BCUT2D eigenvalue weighted by atomic mass is 10.0. The van der Waals surface area contributed by atoms with E-state index < -0.39 is 6.04 Å². The third kappa shape index (κ3) is 32.1. The van der Waals surface area contributed by atoms with Crippen LogP contribution in [0.25, 0.3) is 0 Å². The standard InChI is InChI=1S/C36H73N3O2.ClH/c1-3-5-7-9-11-13-15-16-17-18-19-20-22-24-26-31-35(40)39-34(30-27-28-32-37)36(41)38-33-29-25-23-21-14-12-10-8-6-4-2;/h34H,3-33,37H2,1-2H3,(H,38,41)(H,39,40);1H/t34-;/m0./s1. The molecule has 4 N–H and O–H groups in total. The van der Waals surface area contributed by atoms with Gasteiger partial charge in [-0.2, -0.15) is 0 Å². The Morgan fingerprint density at radius 1 is 0.524 bits per heavy atom. The van der Waals surface area contributed by atoms with Gasteiger partial charge >= 0.3 is 0 Å². The van der Waals surface area contributed by atoms with Gasteiger partial charge in [0.05, 0.1) is 0 Å². The van der Waals surface area contributed by atoms with Crippen molar-refractivity contribution in [3.63, 3.8) is 0 Å². The Morgan fingerprint density at radius 2 is 0.905 bits per heavy atom. The molecule has 0 aromatic carbocycles. The maximum Gasteiger partial charge on any atom is 0.242 e. The monoisotopic (exact) mass is 616 g/mol. The van der Waals surface area contributed by atoms with Gasteiger partial charge in [0.2, 0.25) is 11.8 Å². The van der Waals surface area contributed by atoms with E-state index in [1.54, 1.807) is 0 Å². The number of carbonyl (C=O) groups is 2. The van der Waals surface area contributed by atoms with Crippen LogP contribution in [0.5, 0.6) is 0 Å². The summed E-state index contributed by atoms with van der Waals surface area (Å²) in [6.45, 7) is 5.87. The van der Waals surface area contributed by atoms with Gasteiger partial charge < -0.3 is 16.4 Å². The van der Waals surface area contributed by atoms with E-state index >= 15 is 0 Å². The molecule has 0 saturated heterocycles. The first-order chi connectivity index (χ1) is 20.2. The van der Waals surface area contributed by atoms with Gasteiger partial charge in [-0.25, -0.2) is 0 Å². The number of nitrogens with one attached hydrogen (secondary N) is 2. The van der Waals surface area contributed by atoms with Gasteiger partial charge in [-0.3, -0.25) is 9.59 Å². The summed E-state index contributed by atoms with van der Waals surface area (Å²) in [5.74, 6) is -0.00526. The summed E-state index contributed by atoms with van der Waals surface area (Å²) in [7, 11) is 0. The Hall–Kier alpha value is -0.810. The molecule has 0 aromatic rings. The molecule has 0 unspecified atom stereocenters. The summed E-state index contributed by atoms with van der Waals surface area (Å²) in [5, 5.41) is 6.10. The molecule has 0 aromatic heterocycles. The van der Waals surface area contributed by atoms with Crippen molar-refractivity contribution in [3.8, 4) is 0 Å². The van der Waals surface area contributed by atoms with Crippen molar-refractivity contribution in [2.24, 2.45) is 5.73 Å². The third-order valence-corrected chi connectivity index (χ3v) is 8.44. The molecule has 0 aliphatic carbocycles. The molecule has 0 bridgehead atoms. The second kappa shape index (κ2) is 36.4. The van der Waals surface area contributed by atoms with Crippen LogP contribution < -0.4 is 16.4 Å². The average molecular weight is 616 g/mol. The Labute approximate surface area is 268 Å². The molecule has 0 radical (unpaired) electrons. The second-order valence-electron chi connectivity index (χ2n) is 12.6. The molecule has 0 aliphatic heterocycles. The van der Waals surface area contributed by atoms with Crippen LogP contribution >= 0.6 is 12.4 Å². The van der Waals surface area contributed by atoms with Crippen molar-refractivity contribution in [2.45, 2.75) is 206 Å². The first-order valence-electron chi connectivity index (χ1n) is 18.4. The predicted octanol–water partition coefficient (Wildman–Crippen LogP) is 10.3. The van der Waals surface area contributed by atoms with Gasteiger partial charge in [-0.1, -0.05) is 162 Å². The topological polar surface area (TPSA) is 84.2 Å². The summed E-state index contributed by atoms with van der Waals surface area (Å²) >= 11 is 0. The van der Waals surface area contributed by atoms with Gasteiger partial charge in [0.25, 0.3) is 0 Å². The quantitative estimate of drug-likeness (QED) is 0.0642. The van der Waals surface area contributed by atoms with E-state index in [1.165, 1.54) is 141 Å². The van der Waals surface area contributed by atoms with Crippen molar-refractivity contribution in [1.82, 2.24) is 10.6 Å².